The highest BCUT2D eigenvalue weighted by atomic mass is 35.5. The molecule has 3 nitrogen and oxygen atoms in total. The molecule has 0 spiro atoms. The van der Waals surface area contributed by atoms with Crippen molar-refractivity contribution in [3.05, 3.63) is 100 Å². The van der Waals surface area contributed by atoms with Crippen LogP contribution in [0.15, 0.2) is 78.9 Å². The summed E-state index contributed by atoms with van der Waals surface area (Å²) in [5, 5.41) is 0.834. The molecule has 5 heteroatoms. The maximum Gasteiger partial charge on any atom is 0.347 e. The maximum absolute atomic E-state index is 12.7. The van der Waals surface area contributed by atoms with Crippen molar-refractivity contribution in [2.45, 2.75) is 19.1 Å². The summed E-state index contributed by atoms with van der Waals surface area (Å²) in [4.78, 5) is 12.7. The highest BCUT2D eigenvalue weighted by Crippen LogP contribution is 2.30. The summed E-state index contributed by atoms with van der Waals surface area (Å²) < 4.78 is 11.5. The number of rotatable bonds is 6. The Morgan fingerprint density at radius 1 is 0.852 bits per heavy atom. The van der Waals surface area contributed by atoms with Crippen molar-refractivity contribution >= 4 is 29.2 Å². The molecule has 3 rings (SSSR count). The molecule has 0 aliphatic heterocycles. The Labute approximate surface area is 168 Å². The van der Waals surface area contributed by atoms with Gasteiger partial charge in [0, 0.05) is 5.02 Å². The van der Waals surface area contributed by atoms with Crippen LogP contribution in [0, 0.1) is 0 Å². The van der Waals surface area contributed by atoms with Crippen molar-refractivity contribution in [1.82, 2.24) is 0 Å². The van der Waals surface area contributed by atoms with E-state index in [9.17, 15) is 4.79 Å². The summed E-state index contributed by atoms with van der Waals surface area (Å²) >= 11 is 12.0. The normalized spacial score (nSPS) is 11.9. The number of carbonyl (C=O) groups is 1. The third-order valence-electron chi connectivity index (χ3n) is 3.97. The second-order valence-electron chi connectivity index (χ2n) is 5.97. The lowest BCUT2D eigenvalue weighted by Crippen LogP contribution is -2.28. The van der Waals surface area contributed by atoms with Crippen LogP contribution in [0.2, 0.25) is 10.0 Å². The van der Waals surface area contributed by atoms with Crippen molar-refractivity contribution in [2.24, 2.45) is 0 Å². The van der Waals surface area contributed by atoms with Gasteiger partial charge < -0.3 is 9.47 Å². The molecule has 3 aromatic rings. The number of hydrogen-bond donors (Lipinski definition) is 0. The summed E-state index contributed by atoms with van der Waals surface area (Å²) in [7, 11) is 0. The molecule has 0 saturated carbocycles. The van der Waals surface area contributed by atoms with Gasteiger partial charge in [-0.25, -0.2) is 4.79 Å². The molecule has 0 aromatic heterocycles. The molecule has 27 heavy (non-hydrogen) atoms. The minimum atomic E-state index is -0.835. The van der Waals surface area contributed by atoms with E-state index in [4.69, 9.17) is 32.7 Å². The minimum Gasteiger partial charge on any atom is -0.477 e. The van der Waals surface area contributed by atoms with Crippen LogP contribution in [0.3, 0.4) is 0 Å². The molecule has 138 valence electrons. The van der Waals surface area contributed by atoms with Gasteiger partial charge in [0.25, 0.3) is 0 Å². The molecule has 0 saturated heterocycles. The number of esters is 1. The van der Waals surface area contributed by atoms with Gasteiger partial charge in [0.2, 0.25) is 0 Å². The minimum absolute atomic E-state index is 0.338. The van der Waals surface area contributed by atoms with Gasteiger partial charge in [-0.05, 0) is 36.2 Å². The van der Waals surface area contributed by atoms with Crippen LogP contribution in [0.25, 0.3) is 0 Å². The smallest absolute Gasteiger partial charge is 0.347 e. The largest absolute Gasteiger partial charge is 0.477 e. The van der Waals surface area contributed by atoms with Crippen molar-refractivity contribution in [2.75, 3.05) is 0 Å². The van der Waals surface area contributed by atoms with E-state index in [0.717, 1.165) is 11.1 Å². The summed E-state index contributed by atoms with van der Waals surface area (Å²) in [6.07, 6.45) is -1.36. The van der Waals surface area contributed by atoms with Gasteiger partial charge in [-0.2, -0.15) is 0 Å². The van der Waals surface area contributed by atoms with Crippen molar-refractivity contribution in [3.63, 3.8) is 0 Å². The Morgan fingerprint density at radius 3 is 1.93 bits per heavy atom. The molecule has 0 N–H and O–H groups in total. The molecular weight excluding hydrogens is 383 g/mol. The predicted molar refractivity (Wildman–Crippen MR) is 107 cm³/mol. The van der Waals surface area contributed by atoms with Crippen LogP contribution in [0.5, 0.6) is 5.75 Å². The predicted octanol–water partition coefficient (Wildman–Crippen LogP) is 6.09. The van der Waals surface area contributed by atoms with Gasteiger partial charge >= 0.3 is 5.97 Å². The Hall–Kier alpha value is -2.49. The van der Waals surface area contributed by atoms with E-state index in [1.807, 2.05) is 60.7 Å². The molecule has 0 bridgehead atoms. The fourth-order valence-electron chi connectivity index (χ4n) is 2.61. The van der Waals surface area contributed by atoms with Gasteiger partial charge in [-0.3, -0.25) is 0 Å². The highest BCUT2D eigenvalue weighted by molar-refractivity contribution is 6.35. The molecule has 0 aliphatic carbocycles. The fraction of sp³-hybridized carbons (Fsp3) is 0.136. The molecule has 0 radical (unpaired) electrons. The van der Waals surface area contributed by atoms with Crippen LogP contribution in [0.4, 0.5) is 0 Å². The van der Waals surface area contributed by atoms with Gasteiger partial charge in [-0.1, -0.05) is 83.9 Å². The molecule has 0 unspecified atom stereocenters. The number of halogens is 2. The first kappa shape index (κ1) is 19.3. The van der Waals surface area contributed by atoms with E-state index in [1.165, 1.54) is 0 Å². The molecule has 0 aliphatic rings. The maximum atomic E-state index is 12.7. The standard InChI is InChI=1S/C22H18Cl2O3/c1-15(26-20-13-12-18(23)14-19(20)24)22(25)27-21(16-8-4-2-5-9-16)17-10-6-3-7-11-17/h2-15,21H,1H3/t15-/m0/s1. The van der Waals surface area contributed by atoms with E-state index in [-0.39, 0.29) is 0 Å². The van der Waals surface area contributed by atoms with E-state index >= 15 is 0 Å². The molecule has 0 amide bonds. The fourth-order valence-corrected chi connectivity index (χ4v) is 3.06. The summed E-state index contributed by atoms with van der Waals surface area (Å²) in [6.45, 7) is 1.63. The van der Waals surface area contributed by atoms with Crippen LogP contribution in [-0.4, -0.2) is 12.1 Å². The topological polar surface area (TPSA) is 35.5 Å². The van der Waals surface area contributed by atoms with Crippen molar-refractivity contribution in [3.8, 4) is 5.75 Å². The first-order valence-electron chi connectivity index (χ1n) is 8.46. The van der Waals surface area contributed by atoms with Crippen LogP contribution in [-0.2, 0) is 9.53 Å². The lowest BCUT2D eigenvalue weighted by Gasteiger charge is -2.22. The highest BCUT2D eigenvalue weighted by Gasteiger charge is 2.24. The molecule has 0 fully saturated rings. The Morgan fingerprint density at radius 2 is 1.41 bits per heavy atom. The van der Waals surface area contributed by atoms with Crippen molar-refractivity contribution < 1.29 is 14.3 Å². The first-order valence-corrected chi connectivity index (χ1v) is 9.22. The van der Waals surface area contributed by atoms with Gasteiger partial charge in [0.1, 0.15) is 5.75 Å². The average molecular weight is 401 g/mol. The number of benzene rings is 3. The van der Waals surface area contributed by atoms with Crippen LogP contribution >= 0.6 is 23.2 Å². The third kappa shape index (κ3) is 5.03. The average Bonchev–Trinajstić information content (AvgIpc) is 2.69. The van der Waals surface area contributed by atoms with Crippen molar-refractivity contribution in [1.29, 1.82) is 0 Å². The van der Waals surface area contributed by atoms with Crippen LogP contribution < -0.4 is 4.74 Å². The molecular formula is C22H18Cl2O3. The van der Waals surface area contributed by atoms with Gasteiger partial charge in [0.15, 0.2) is 12.2 Å². The van der Waals surface area contributed by atoms with E-state index in [2.05, 4.69) is 0 Å². The number of hydrogen-bond acceptors (Lipinski definition) is 3. The quantitative estimate of drug-likeness (QED) is 0.469. The zero-order chi connectivity index (χ0) is 19.2. The Bertz CT molecular complexity index is 858. The summed E-state index contributed by atoms with van der Waals surface area (Å²) in [5.74, 6) is -0.111. The molecule has 1 atom stereocenters. The Balaban J connectivity index is 1.78. The van der Waals surface area contributed by atoms with Gasteiger partial charge in [0.05, 0.1) is 5.02 Å². The Kier molecular flexibility index (Phi) is 6.38. The third-order valence-corrected chi connectivity index (χ3v) is 4.50. The second kappa shape index (κ2) is 8.94. The zero-order valence-corrected chi connectivity index (χ0v) is 16.2. The molecule has 0 heterocycles. The SMILES string of the molecule is C[C@H](Oc1ccc(Cl)cc1Cl)C(=O)OC(c1ccccc1)c1ccccc1. The monoisotopic (exact) mass is 400 g/mol. The first-order chi connectivity index (χ1) is 13.0. The second-order valence-corrected chi connectivity index (χ2v) is 6.82. The number of carbonyl (C=O) groups excluding carboxylic acids is 1. The lowest BCUT2D eigenvalue weighted by molar-refractivity contribution is -0.155. The van der Waals surface area contributed by atoms with Gasteiger partial charge in [-0.15, -0.1) is 0 Å². The lowest BCUT2D eigenvalue weighted by atomic mass is 10.0. The summed E-state index contributed by atoms with van der Waals surface area (Å²) in [6, 6.07) is 24.0. The summed E-state index contributed by atoms with van der Waals surface area (Å²) in [5.41, 5.74) is 1.77. The van der Waals surface area contributed by atoms with E-state index in [1.54, 1.807) is 25.1 Å². The van der Waals surface area contributed by atoms with E-state index in [0.29, 0.717) is 15.8 Å². The van der Waals surface area contributed by atoms with E-state index < -0.39 is 18.2 Å². The molecule has 3 aromatic carbocycles. The number of ether oxygens (including phenoxy) is 2. The van der Waals surface area contributed by atoms with Crippen LogP contribution in [0.1, 0.15) is 24.2 Å². The zero-order valence-electron chi connectivity index (χ0n) is 14.6.